The van der Waals surface area contributed by atoms with Crippen LogP contribution in [-0.2, 0) is 19.0 Å². The molecule has 2 spiro atoms. The number of carbonyl (C=O) groups is 1. The Labute approximate surface area is 201 Å². The molecule has 0 aromatic rings. The first-order chi connectivity index (χ1) is 15.7. The molecule has 2 heterocycles. The van der Waals surface area contributed by atoms with Gasteiger partial charge >= 0.3 is 5.97 Å². The number of hydrogen-bond acceptors (Lipinski definition) is 4. The van der Waals surface area contributed by atoms with Crippen molar-refractivity contribution in [2.75, 3.05) is 6.61 Å². The first-order valence-corrected chi connectivity index (χ1v) is 13.9. The average Bonchev–Trinajstić information content (AvgIpc) is 3.61. The molecule has 0 radical (unpaired) electrons. The largest absolute Gasteiger partial charge is 0.462 e. The second kappa shape index (κ2) is 8.66. The zero-order valence-electron chi connectivity index (χ0n) is 21.7. The van der Waals surface area contributed by atoms with Crippen molar-refractivity contribution in [3.63, 3.8) is 0 Å². The summed E-state index contributed by atoms with van der Waals surface area (Å²) in [6, 6.07) is 0. The Morgan fingerprint density at radius 1 is 1.15 bits per heavy atom. The van der Waals surface area contributed by atoms with E-state index in [1.807, 2.05) is 0 Å². The van der Waals surface area contributed by atoms with E-state index in [2.05, 4.69) is 33.8 Å². The van der Waals surface area contributed by atoms with Gasteiger partial charge in [0.1, 0.15) is 23.4 Å². The molecular formula is C29H46O4. The highest BCUT2D eigenvalue weighted by Crippen LogP contribution is 2.68. The van der Waals surface area contributed by atoms with E-state index in [0.29, 0.717) is 11.3 Å². The third-order valence-electron chi connectivity index (χ3n) is 10.3. The molecule has 5 fully saturated rings. The smallest absolute Gasteiger partial charge is 0.302 e. The van der Waals surface area contributed by atoms with E-state index in [1.54, 1.807) is 0 Å². The number of rotatable bonds is 7. The molecule has 0 aromatic carbocycles. The van der Waals surface area contributed by atoms with Crippen molar-refractivity contribution in [2.24, 2.45) is 29.1 Å². The number of hydrogen-bond donors (Lipinski definition) is 0. The fourth-order valence-corrected chi connectivity index (χ4v) is 8.43. The van der Waals surface area contributed by atoms with Gasteiger partial charge in [-0.15, -0.1) is 0 Å². The van der Waals surface area contributed by atoms with Crippen molar-refractivity contribution in [3.8, 4) is 0 Å². The van der Waals surface area contributed by atoms with Crippen LogP contribution in [-0.4, -0.2) is 36.0 Å². The van der Waals surface area contributed by atoms with Crippen LogP contribution in [0.25, 0.3) is 0 Å². The summed E-state index contributed by atoms with van der Waals surface area (Å²) >= 11 is 0. The normalized spacial score (nSPS) is 46.1. The van der Waals surface area contributed by atoms with Crippen LogP contribution >= 0.6 is 0 Å². The Hall–Kier alpha value is -0.870. The first kappa shape index (κ1) is 23.9. The van der Waals surface area contributed by atoms with Gasteiger partial charge in [-0.3, -0.25) is 4.79 Å². The maximum atomic E-state index is 11.5. The van der Waals surface area contributed by atoms with Crippen molar-refractivity contribution < 1.29 is 19.0 Å². The lowest BCUT2D eigenvalue weighted by atomic mass is 9.58. The molecule has 3 aliphatic carbocycles. The Morgan fingerprint density at radius 2 is 1.94 bits per heavy atom. The summed E-state index contributed by atoms with van der Waals surface area (Å²) in [5, 5.41) is 0. The molecule has 8 atom stereocenters. The highest BCUT2D eigenvalue weighted by atomic mass is 16.6. The Kier molecular flexibility index (Phi) is 6.26. The highest BCUT2D eigenvalue weighted by Gasteiger charge is 2.69. The van der Waals surface area contributed by atoms with Crippen LogP contribution in [0.2, 0.25) is 0 Å². The molecule has 0 aromatic heterocycles. The van der Waals surface area contributed by atoms with Crippen molar-refractivity contribution in [3.05, 3.63) is 11.6 Å². The molecule has 0 bridgehead atoms. The third-order valence-corrected chi connectivity index (χ3v) is 10.3. The molecule has 186 valence electrons. The Balaban J connectivity index is 1.28. The predicted octanol–water partition coefficient (Wildman–Crippen LogP) is 6.61. The van der Waals surface area contributed by atoms with Crippen LogP contribution < -0.4 is 0 Å². The molecule has 4 heteroatoms. The van der Waals surface area contributed by atoms with Gasteiger partial charge in [0.2, 0.25) is 0 Å². The minimum Gasteiger partial charge on any atom is -0.462 e. The van der Waals surface area contributed by atoms with E-state index in [-0.39, 0.29) is 29.4 Å². The van der Waals surface area contributed by atoms with Crippen molar-refractivity contribution in [2.45, 2.75) is 129 Å². The summed E-state index contributed by atoms with van der Waals surface area (Å²) in [4.78, 5) is 11.5. The summed E-state index contributed by atoms with van der Waals surface area (Å²) in [5.74, 6) is 2.98. The standard InChI is InChI=1S/C29H46O4/c1-19(2)8-6-9-20(3)24-10-11-25-27(24,5)13-7-14-29(25)26(33-29)17-22-16-23(32-21(4)30)12-15-28(22)18-31-28/h17,19-20,23-26H,6-16,18H2,1-5H3/b22-17-/t20-,23+,24-,25-,26-,27-,28+,29-/m1/s1. The van der Waals surface area contributed by atoms with Gasteiger partial charge in [-0.2, -0.15) is 0 Å². The summed E-state index contributed by atoms with van der Waals surface area (Å²) in [6.45, 7) is 12.2. The van der Waals surface area contributed by atoms with E-state index in [9.17, 15) is 4.79 Å². The monoisotopic (exact) mass is 458 g/mol. The van der Waals surface area contributed by atoms with Gasteiger partial charge < -0.3 is 14.2 Å². The van der Waals surface area contributed by atoms with Gasteiger partial charge in [0.15, 0.2) is 0 Å². The molecule has 4 nitrogen and oxygen atoms in total. The molecule has 5 aliphatic rings. The zero-order valence-corrected chi connectivity index (χ0v) is 21.7. The van der Waals surface area contributed by atoms with E-state index in [4.69, 9.17) is 14.2 Å². The van der Waals surface area contributed by atoms with Gasteiger partial charge in [0.25, 0.3) is 0 Å². The quantitative estimate of drug-likeness (QED) is 0.245. The van der Waals surface area contributed by atoms with E-state index in [0.717, 1.165) is 43.6 Å². The lowest BCUT2D eigenvalue weighted by molar-refractivity contribution is -0.147. The summed E-state index contributed by atoms with van der Waals surface area (Å²) in [5.41, 5.74) is 1.73. The topological polar surface area (TPSA) is 51.4 Å². The predicted molar refractivity (Wildman–Crippen MR) is 130 cm³/mol. The molecule has 0 unspecified atom stereocenters. The molecule has 0 amide bonds. The lowest BCUT2D eigenvalue weighted by Crippen LogP contribution is -2.44. The van der Waals surface area contributed by atoms with E-state index in [1.165, 1.54) is 63.9 Å². The summed E-state index contributed by atoms with van der Waals surface area (Å²) in [6.07, 6.45) is 16.0. The van der Waals surface area contributed by atoms with Crippen LogP contribution in [0.5, 0.6) is 0 Å². The summed E-state index contributed by atoms with van der Waals surface area (Å²) < 4.78 is 18.2. The van der Waals surface area contributed by atoms with Crippen molar-refractivity contribution in [1.29, 1.82) is 0 Å². The first-order valence-electron chi connectivity index (χ1n) is 13.9. The van der Waals surface area contributed by atoms with Gasteiger partial charge in [-0.25, -0.2) is 0 Å². The fraction of sp³-hybridized carbons (Fsp3) is 0.897. The number of epoxide rings is 2. The maximum Gasteiger partial charge on any atom is 0.302 e. The SMILES string of the molecule is CC(=O)O[C@H]1CC[C@]2(CO2)/C(=C\[C@H]2O[C@@]23CCC[C@]2(C)[C@@H]([C@H](C)CCCC(C)C)CC[C@H]23)C1. The van der Waals surface area contributed by atoms with Crippen LogP contribution in [0.1, 0.15) is 105 Å². The minimum atomic E-state index is -0.172. The van der Waals surface area contributed by atoms with E-state index < -0.39 is 0 Å². The number of fused-ring (bicyclic) bond motifs is 2. The second-order valence-corrected chi connectivity index (χ2v) is 12.8. The second-order valence-electron chi connectivity index (χ2n) is 12.8. The van der Waals surface area contributed by atoms with Crippen LogP contribution in [0.15, 0.2) is 11.6 Å². The van der Waals surface area contributed by atoms with Crippen LogP contribution in [0.3, 0.4) is 0 Å². The van der Waals surface area contributed by atoms with Crippen molar-refractivity contribution in [1.82, 2.24) is 0 Å². The molecule has 0 N–H and O–H groups in total. The number of esters is 1. The van der Waals surface area contributed by atoms with Crippen LogP contribution in [0, 0.1) is 29.1 Å². The molecule has 2 aliphatic heterocycles. The fourth-order valence-electron chi connectivity index (χ4n) is 8.43. The van der Waals surface area contributed by atoms with Gasteiger partial charge in [0, 0.05) is 13.3 Å². The molecule has 33 heavy (non-hydrogen) atoms. The number of ether oxygens (including phenoxy) is 3. The lowest BCUT2D eigenvalue weighted by Gasteiger charge is -2.46. The molecular weight excluding hydrogens is 412 g/mol. The highest BCUT2D eigenvalue weighted by molar-refractivity contribution is 5.66. The number of carbonyl (C=O) groups excluding carboxylic acids is 1. The van der Waals surface area contributed by atoms with Crippen molar-refractivity contribution >= 4 is 5.97 Å². The minimum absolute atomic E-state index is 0.00236. The molecule has 3 saturated carbocycles. The Bertz CT molecular complexity index is 782. The third kappa shape index (κ3) is 4.33. The molecule has 5 rings (SSSR count). The summed E-state index contributed by atoms with van der Waals surface area (Å²) in [7, 11) is 0. The zero-order chi connectivity index (χ0) is 23.4. The Morgan fingerprint density at radius 3 is 2.64 bits per heavy atom. The molecule has 2 saturated heterocycles. The average molecular weight is 459 g/mol. The van der Waals surface area contributed by atoms with E-state index >= 15 is 0 Å². The van der Waals surface area contributed by atoms with Gasteiger partial charge in [-0.1, -0.05) is 53.0 Å². The van der Waals surface area contributed by atoms with Crippen LogP contribution in [0.4, 0.5) is 0 Å². The van der Waals surface area contributed by atoms with Gasteiger partial charge in [0.05, 0.1) is 6.61 Å². The van der Waals surface area contributed by atoms with Gasteiger partial charge in [-0.05, 0) is 79.6 Å². The maximum absolute atomic E-state index is 11.5.